The Morgan fingerprint density at radius 3 is 2.04 bits per heavy atom. The number of hydrogen-bond donors (Lipinski definition) is 1. The Hall–Kier alpha value is -2.58. The molecule has 0 aliphatic carbocycles. The van der Waals surface area contributed by atoms with Crippen LogP contribution in [0.15, 0.2) is 84.9 Å². The van der Waals surface area contributed by atoms with Crippen LogP contribution in [0, 0.1) is 0 Å². The lowest BCUT2D eigenvalue weighted by molar-refractivity contribution is 0.141. The topological polar surface area (TPSA) is 23.5 Å². The van der Waals surface area contributed by atoms with Crippen LogP contribution in [0.2, 0.25) is 0 Å². The van der Waals surface area contributed by atoms with Gasteiger partial charge in [-0.2, -0.15) is 0 Å². The summed E-state index contributed by atoms with van der Waals surface area (Å²) >= 11 is 0. The van der Waals surface area contributed by atoms with Crippen LogP contribution in [0.3, 0.4) is 0 Å². The highest BCUT2D eigenvalue weighted by molar-refractivity contribution is 5.57. The summed E-state index contributed by atoms with van der Waals surface area (Å²) in [7, 11) is 0. The fraction of sp³-hybridized carbons (Fsp3) is 0.217. The number of para-hydroxylation sites is 1. The van der Waals surface area contributed by atoms with E-state index in [1.807, 2.05) is 36.4 Å². The lowest BCUT2D eigenvalue weighted by Gasteiger charge is -2.40. The molecule has 0 aromatic heterocycles. The van der Waals surface area contributed by atoms with Crippen molar-refractivity contribution >= 4 is 5.69 Å². The summed E-state index contributed by atoms with van der Waals surface area (Å²) < 4.78 is 0. The molecule has 0 amide bonds. The Bertz CT molecular complexity index is 816. The van der Waals surface area contributed by atoms with Crippen LogP contribution in [0.4, 0.5) is 5.69 Å². The number of anilines is 1. The summed E-state index contributed by atoms with van der Waals surface area (Å²) in [6, 6.07) is 28.9. The number of aliphatic hydroxyl groups is 1. The van der Waals surface area contributed by atoms with E-state index in [1.165, 1.54) is 11.3 Å². The molecule has 2 unspecified atom stereocenters. The van der Waals surface area contributed by atoms with Crippen molar-refractivity contribution in [3.05, 3.63) is 102 Å². The van der Waals surface area contributed by atoms with Crippen LogP contribution in [0.1, 0.15) is 35.3 Å². The van der Waals surface area contributed by atoms with Gasteiger partial charge in [-0.15, -0.1) is 0 Å². The van der Waals surface area contributed by atoms with E-state index >= 15 is 0 Å². The smallest absolute Gasteiger partial charge is 0.103 e. The SMILES string of the molecule is OC(c1ccccc1)C(c1ccccc1)N1CCCc2ccccc21. The highest BCUT2D eigenvalue weighted by atomic mass is 16.3. The number of hydrogen-bond acceptors (Lipinski definition) is 2. The molecule has 25 heavy (non-hydrogen) atoms. The normalized spacial score (nSPS) is 16.1. The summed E-state index contributed by atoms with van der Waals surface area (Å²) in [5, 5.41) is 11.3. The third kappa shape index (κ3) is 3.18. The zero-order valence-electron chi connectivity index (χ0n) is 14.3. The van der Waals surface area contributed by atoms with Gasteiger partial charge >= 0.3 is 0 Å². The Kier molecular flexibility index (Phi) is 4.53. The third-order valence-electron chi connectivity index (χ3n) is 5.06. The second kappa shape index (κ2) is 7.12. The van der Waals surface area contributed by atoms with E-state index in [1.54, 1.807) is 0 Å². The van der Waals surface area contributed by atoms with Gasteiger partial charge in [0.15, 0.2) is 0 Å². The van der Waals surface area contributed by atoms with E-state index < -0.39 is 6.10 Å². The minimum atomic E-state index is -0.574. The van der Waals surface area contributed by atoms with Crippen LogP contribution in [0.25, 0.3) is 0 Å². The number of aliphatic hydroxyl groups excluding tert-OH is 1. The summed E-state index contributed by atoms with van der Waals surface area (Å²) in [6.45, 7) is 0.959. The molecule has 0 spiro atoms. The molecule has 0 saturated carbocycles. The monoisotopic (exact) mass is 329 g/mol. The second-order valence-corrected chi connectivity index (χ2v) is 6.64. The van der Waals surface area contributed by atoms with Crippen molar-refractivity contribution in [1.29, 1.82) is 0 Å². The van der Waals surface area contributed by atoms with Crippen molar-refractivity contribution in [2.75, 3.05) is 11.4 Å². The third-order valence-corrected chi connectivity index (χ3v) is 5.06. The largest absolute Gasteiger partial charge is 0.386 e. The first-order chi connectivity index (χ1) is 12.3. The summed E-state index contributed by atoms with van der Waals surface area (Å²) in [5.74, 6) is 0. The number of nitrogens with zero attached hydrogens (tertiary/aromatic N) is 1. The van der Waals surface area contributed by atoms with E-state index in [0.717, 1.165) is 30.5 Å². The van der Waals surface area contributed by atoms with Gasteiger partial charge in [0.2, 0.25) is 0 Å². The maximum Gasteiger partial charge on any atom is 0.103 e. The van der Waals surface area contributed by atoms with Gasteiger partial charge in [-0.3, -0.25) is 0 Å². The summed E-state index contributed by atoms with van der Waals surface area (Å²) in [5.41, 5.74) is 4.72. The Morgan fingerprint density at radius 2 is 1.32 bits per heavy atom. The Morgan fingerprint density at radius 1 is 0.720 bits per heavy atom. The minimum Gasteiger partial charge on any atom is -0.386 e. The molecule has 1 aliphatic heterocycles. The number of aryl methyl sites for hydroxylation is 1. The molecule has 3 aromatic rings. The van der Waals surface area contributed by atoms with E-state index in [0.29, 0.717) is 0 Å². The van der Waals surface area contributed by atoms with Crippen molar-refractivity contribution < 1.29 is 5.11 Å². The standard InChI is InChI=1S/C23H23NO/c25-23(20-13-5-2-6-14-20)22(19-11-3-1-4-12-19)24-17-9-15-18-10-7-8-16-21(18)24/h1-8,10-14,16,22-23,25H,9,15,17H2. The first-order valence-electron chi connectivity index (χ1n) is 8.97. The molecule has 0 fully saturated rings. The van der Waals surface area contributed by atoms with Gasteiger partial charge in [-0.05, 0) is 35.6 Å². The van der Waals surface area contributed by atoms with Gasteiger partial charge in [-0.1, -0.05) is 78.9 Å². The van der Waals surface area contributed by atoms with Gasteiger partial charge in [-0.25, -0.2) is 0 Å². The fourth-order valence-electron chi connectivity index (χ4n) is 3.87. The average molecular weight is 329 g/mol. The zero-order valence-corrected chi connectivity index (χ0v) is 14.3. The van der Waals surface area contributed by atoms with Gasteiger partial charge in [0.25, 0.3) is 0 Å². The highest BCUT2D eigenvalue weighted by Gasteiger charge is 2.31. The predicted molar refractivity (Wildman–Crippen MR) is 103 cm³/mol. The Labute approximate surface area is 149 Å². The molecule has 4 rings (SSSR count). The molecule has 0 radical (unpaired) electrons. The molecular formula is C23H23NO. The lowest BCUT2D eigenvalue weighted by atomic mass is 9.91. The van der Waals surface area contributed by atoms with E-state index in [9.17, 15) is 5.11 Å². The highest BCUT2D eigenvalue weighted by Crippen LogP contribution is 2.40. The van der Waals surface area contributed by atoms with Crippen LogP contribution in [0.5, 0.6) is 0 Å². The zero-order chi connectivity index (χ0) is 17.1. The molecule has 2 nitrogen and oxygen atoms in total. The molecule has 2 atom stereocenters. The Balaban J connectivity index is 1.79. The molecular weight excluding hydrogens is 306 g/mol. The maximum absolute atomic E-state index is 11.3. The molecule has 1 N–H and O–H groups in total. The lowest BCUT2D eigenvalue weighted by Crippen LogP contribution is -2.36. The number of fused-ring (bicyclic) bond motifs is 1. The average Bonchev–Trinajstić information content (AvgIpc) is 2.70. The van der Waals surface area contributed by atoms with Gasteiger partial charge < -0.3 is 10.0 Å². The minimum absolute atomic E-state index is 0.0925. The molecule has 3 aromatic carbocycles. The van der Waals surface area contributed by atoms with Crippen LogP contribution < -0.4 is 4.90 Å². The molecule has 0 bridgehead atoms. The molecule has 1 heterocycles. The first kappa shape index (κ1) is 15.9. The molecule has 0 saturated heterocycles. The van der Waals surface area contributed by atoms with Crippen molar-refractivity contribution in [3.8, 4) is 0 Å². The quantitative estimate of drug-likeness (QED) is 0.735. The van der Waals surface area contributed by atoms with Crippen LogP contribution in [-0.4, -0.2) is 11.7 Å². The number of rotatable bonds is 4. The summed E-state index contributed by atoms with van der Waals surface area (Å²) in [6.07, 6.45) is 1.65. The van der Waals surface area contributed by atoms with Crippen LogP contribution >= 0.6 is 0 Å². The van der Waals surface area contributed by atoms with Gasteiger partial charge in [0.05, 0.1) is 6.04 Å². The maximum atomic E-state index is 11.3. The predicted octanol–water partition coefficient (Wildman–Crippen LogP) is 4.91. The van der Waals surface area contributed by atoms with E-state index in [4.69, 9.17) is 0 Å². The molecule has 1 aliphatic rings. The summed E-state index contributed by atoms with van der Waals surface area (Å²) in [4.78, 5) is 2.38. The van der Waals surface area contributed by atoms with Crippen molar-refractivity contribution in [2.24, 2.45) is 0 Å². The molecule has 2 heteroatoms. The van der Waals surface area contributed by atoms with E-state index in [-0.39, 0.29) is 6.04 Å². The van der Waals surface area contributed by atoms with Gasteiger partial charge in [0, 0.05) is 12.2 Å². The fourth-order valence-corrected chi connectivity index (χ4v) is 3.87. The van der Waals surface area contributed by atoms with E-state index in [2.05, 4.69) is 53.4 Å². The second-order valence-electron chi connectivity index (χ2n) is 6.64. The van der Waals surface area contributed by atoms with Crippen molar-refractivity contribution in [3.63, 3.8) is 0 Å². The van der Waals surface area contributed by atoms with Crippen molar-refractivity contribution in [1.82, 2.24) is 0 Å². The van der Waals surface area contributed by atoms with Gasteiger partial charge in [0.1, 0.15) is 6.10 Å². The first-order valence-corrected chi connectivity index (χ1v) is 8.97. The van der Waals surface area contributed by atoms with Crippen LogP contribution in [-0.2, 0) is 6.42 Å². The molecule has 126 valence electrons. The van der Waals surface area contributed by atoms with Crippen molar-refractivity contribution in [2.45, 2.75) is 25.0 Å². The number of benzene rings is 3.